The number of halogens is 1. The topological polar surface area (TPSA) is 58.6 Å². The molecule has 4 nitrogen and oxygen atoms in total. The van der Waals surface area contributed by atoms with E-state index in [1.807, 2.05) is 20.8 Å². The van der Waals surface area contributed by atoms with E-state index >= 15 is 0 Å². The van der Waals surface area contributed by atoms with Crippen molar-refractivity contribution in [3.8, 4) is 0 Å². The highest BCUT2D eigenvalue weighted by atomic mass is 35.5. The second-order valence-corrected chi connectivity index (χ2v) is 6.23. The molecule has 0 bridgehead atoms. The van der Waals surface area contributed by atoms with Gasteiger partial charge in [-0.15, -0.1) is 0 Å². The minimum atomic E-state index is -0.536. The van der Waals surface area contributed by atoms with Crippen molar-refractivity contribution < 1.29 is 14.6 Å². The maximum absolute atomic E-state index is 11.7. The summed E-state index contributed by atoms with van der Waals surface area (Å²) >= 11 is 6.10. The van der Waals surface area contributed by atoms with Crippen molar-refractivity contribution >= 4 is 23.4 Å². The Morgan fingerprint density at radius 3 is 2.65 bits per heavy atom. The first-order valence-electron chi connectivity index (χ1n) is 6.64. The third-order valence-electron chi connectivity index (χ3n) is 2.52. The summed E-state index contributed by atoms with van der Waals surface area (Å²) in [5.41, 5.74) is 0.983. The van der Waals surface area contributed by atoms with E-state index in [9.17, 15) is 9.90 Å². The van der Waals surface area contributed by atoms with E-state index in [4.69, 9.17) is 16.3 Å². The smallest absolute Gasteiger partial charge is 0.412 e. The van der Waals surface area contributed by atoms with Crippen LogP contribution in [0.4, 0.5) is 10.5 Å². The maximum atomic E-state index is 11.7. The van der Waals surface area contributed by atoms with E-state index in [1.54, 1.807) is 25.1 Å². The van der Waals surface area contributed by atoms with Gasteiger partial charge in [0, 0.05) is 10.7 Å². The molecular weight excluding hydrogens is 278 g/mol. The molecule has 0 aromatic heterocycles. The number of hydrogen-bond donors (Lipinski definition) is 2. The van der Waals surface area contributed by atoms with Crippen LogP contribution in [-0.2, 0) is 11.2 Å². The number of ether oxygens (including phenoxy) is 1. The molecular formula is C15H22ClNO3. The van der Waals surface area contributed by atoms with E-state index in [0.717, 1.165) is 5.56 Å². The molecule has 1 aromatic rings. The number of anilines is 1. The molecule has 0 heterocycles. The number of carbonyl (C=O) groups excluding carboxylic acids is 1. The summed E-state index contributed by atoms with van der Waals surface area (Å²) in [6.07, 6.45) is 0.394. The van der Waals surface area contributed by atoms with E-state index in [2.05, 4.69) is 5.32 Å². The van der Waals surface area contributed by atoms with Gasteiger partial charge in [0.25, 0.3) is 0 Å². The lowest BCUT2D eigenvalue weighted by atomic mass is 10.1. The Kier molecular flexibility index (Phi) is 5.84. The van der Waals surface area contributed by atoms with Crippen LogP contribution in [0.25, 0.3) is 0 Å². The summed E-state index contributed by atoms with van der Waals surface area (Å²) in [6.45, 7) is 7.16. The van der Waals surface area contributed by atoms with Gasteiger partial charge >= 0.3 is 6.09 Å². The highest BCUT2D eigenvalue weighted by Gasteiger charge is 2.16. The molecule has 0 aliphatic heterocycles. The van der Waals surface area contributed by atoms with Gasteiger partial charge in [-0.1, -0.05) is 11.6 Å². The Labute approximate surface area is 125 Å². The average molecular weight is 300 g/mol. The molecule has 0 fully saturated rings. The van der Waals surface area contributed by atoms with Gasteiger partial charge in [0.15, 0.2) is 0 Å². The quantitative estimate of drug-likeness (QED) is 0.883. The zero-order valence-electron chi connectivity index (χ0n) is 12.4. The molecule has 0 saturated carbocycles. The molecule has 1 rings (SSSR count). The second kappa shape index (κ2) is 6.95. The first-order valence-corrected chi connectivity index (χ1v) is 7.01. The van der Waals surface area contributed by atoms with Crippen molar-refractivity contribution in [2.75, 3.05) is 5.32 Å². The number of aliphatic hydroxyl groups is 1. The summed E-state index contributed by atoms with van der Waals surface area (Å²) in [5, 5.41) is 12.6. The number of amides is 1. The lowest BCUT2D eigenvalue weighted by Gasteiger charge is -2.20. The first-order chi connectivity index (χ1) is 9.17. The van der Waals surface area contributed by atoms with E-state index in [0.29, 0.717) is 23.6 Å². The number of carbonyl (C=O) groups is 1. The van der Waals surface area contributed by atoms with Gasteiger partial charge in [0.05, 0.1) is 6.10 Å². The third-order valence-corrected chi connectivity index (χ3v) is 2.89. The van der Waals surface area contributed by atoms with Gasteiger partial charge < -0.3 is 9.84 Å². The van der Waals surface area contributed by atoms with Crippen LogP contribution < -0.4 is 5.32 Å². The van der Waals surface area contributed by atoms with Gasteiger partial charge in [0.2, 0.25) is 0 Å². The minimum Gasteiger partial charge on any atom is -0.444 e. The Balaban J connectivity index is 2.72. The van der Waals surface area contributed by atoms with Crippen molar-refractivity contribution in [3.05, 3.63) is 28.8 Å². The van der Waals surface area contributed by atoms with Crippen LogP contribution in [-0.4, -0.2) is 22.9 Å². The molecule has 0 aliphatic rings. The van der Waals surface area contributed by atoms with Gasteiger partial charge in [-0.05, 0) is 64.3 Å². The highest BCUT2D eigenvalue weighted by Crippen LogP contribution is 2.23. The van der Waals surface area contributed by atoms with Crippen LogP contribution in [0, 0.1) is 0 Å². The van der Waals surface area contributed by atoms with Gasteiger partial charge in [-0.2, -0.15) is 0 Å². The normalized spacial score (nSPS) is 12.9. The fraction of sp³-hybridized carbons (Fsp3) is 0.533. The molecule has 0 saturated heterocycles. The molecule has 0 spiro atoms. The Bertz CT molecular complexity index is 467. The van der Waals surface area contributed by atoms with Crippen molar-refractivity contribution in [1.29, 1.82) is 0 Å². The molecule has 0 aliphatic carbocycles. The van der Waals surface area contributed by atoms with Crippen LogP contribution in [0.1, 0.15) is 39.7 Å². The number of nitrogens with one attached hydrogen (secondary N) is 1. The lowest BCUT2D eigenvalue weighted by molar-refractivity contribution is 0.0636. The first kappa shape index (κ1) is 16.8. The molecule has 5 heteroatoms. The predicted molar refractivity (Wildman–Crippen MR) is 81.3 cm³/mol. The average Bonchev–Trinajstić information content (AvgIpc) is 2.27. The van der Waals surface area contributed by atoms with Crippen LogP contribution in [0.2, 0.25) is 5.02 Å². The molecule has 112 valence electrons. The van der Waals surface area contributed by atoms with Gasteiger partial charge in [-0.3, -0.25) is 5.32 Å². The Morgan fingerprint density at radius 2 is 2.10 bits per heavy atom. The summed E-state index contributed by atoms with van der Waals surface area (Å²) in [7, 11) is 0. The molecule has 1 amide bonds. The molecule has 0 radical (unpaired) electrons. The summed E-state index contributed by atoms with van der Waals surface area (Å²) in [4.78, 5) is 11.7. The fourth-order valence-electron chi connectivity index (χ4n) is 1.63. The van der Waals surface area contributed by atoms with Crippen molar-refractivity contribution in [3.63, 3.8) is 0 Å². The van der Waals surface area contributed by atoms with Gasteiger partial charge in [0.1, 0.15) is 5.60 Å². The standard InChI is InChI=1S/C15H22ClNO3/c1-10(18)5-6-11-9-12(7-8-13(11)16)17-14(19)20-15(2,3)4/h7-10,18H,5-6H2,1-4H3,(H,17,19)/t10-/m0/s1. The third kappa shape index (κ3) is 6.26. The largest absolute Gasteiger partial charge is 0.444 e. The Hall–Kier alpha value is -1.26. The predicted octanol–water partition coefficient (Wildman–Crippen LogP) is 4.00. The van der Waals surface area contributed by atoms with Crippen LogP contribution in [0.3, 0.4) is 0 Å². The molecule has 1 aromatic carbocycles. The lowest BCUT2D eigenvalue weighted by Crippen LogP contribution is -2.27. The molecule has 1 atom stereocenters. The number of aryl methyl sites for hydroxylation is 1. The number of benzene rings is 1. The van der Waals surface area contributed by atoms with E-state index in [1.165, 1.54) is 0 Å². The van der Waals surface area contributed by atoms with Crippen LogP contribution in [0.5, 0.6) is 0 Å². The molecule has 20 heavy (non-hydrogen) atoms. The molecule has 0 unspecified atom stereocenters. The maximum Gasteiger partial charge on any atom is 0.412 e. The fourth-order valence-corrected chi connectivity index (χ4v) is 1.84. The van der Waals surface area contributed by atoms with Crippen molar-refractivity contribution in [2.24, 2.45) is 0 Å². The summed E-state index contributed by atoms with van der Waals surface area (Å²) in [5.74, 6) is 0. The zero-order valence-corrected chi connectivity index (χ0v) is 13.1. The highest BCUT2D eigenvalue weighted by molar-refractivity contribution is 6.31. The van der Waals surface area contributed by atoms with E-state index < -0.39 is 11.7 Å². The summed E-state index contributed by atoms with van der Waals surface area (Å²) in [6, 6.07) is 5.25. The Morgan fingerprint density at radius 1 is 1.45 bits per heavy atom. The van der Waals surface area contributed by atoms with Gasteiger partial charge in [-0.25, -0.2) is 4.79 Å². The van der Waals surface area contributed by atoms with Crippen molar-refractivity contribution in [2.45, 2.75) is 52.2 Å². The minimum absolute atomic E-state index is 0.381. The number of rotatable bonds is 4. The van der Waals surface area contributed by atoms with Crippen LogP contribution >= 0.6 is 11.6 Å². The zero-order chi connectivity index (χ0) is 15.3. The number of aliphatic hydroxyl groups excluding tert-OH is 1. The molecule has 2 N–H and O–H groups in total. The van der Waals surface area contributed by atoms with Crippen molar-refractivity contribution in [1.82, 2.24) is 0 Å². The van der Waals surface area contributed by atoms with Crippen LogP contribution in [0.15, 0.2) is 18.2 Å². The van der Waals surface area contributed by atoms with E-state index in [-0.39, 0.29) is 6.10 Å². The SMILES string of the molecule is C[C@H](O)CCc1cc(NC(=O)OC(C)(C)C)ccc1Cl. The second-order valence-electron chi connectivity index (χ2n) is 5.82. The monoisotopic (exact) mass is 299 g/mol. The number of hydrogen-bond acceptors (Lipinski definition) is 3. The summed E-state index contributed by atoms with van der Waals surface area (Å²) < 4.78 is 5.19.